The van der Waals surface area contributed by atoms with Gasteiger partial charge < -0.3 is 11.2 Å². The van der Waals surface area contributed by atoms with E-state index in [1.165, 1.54) is 23.2 Å². The molecule has 1 aromatic heterocycles. The van der Waals surface area contributed by atoms with Crippen molar-refractivity contribution in [2.24, 2.45) is 0 Å². The number of thioether (sulfide) groups is 1. The topological polar surface area (TPSA) is 120 Å². The molecule has 8 nitrogen and oxygen atoms in total. The van der Waals surface area contributed by atoms with Crippen LogP contribution in [0.3, 0.4) is 0 Å². The zero-order chi connectivity index (χ0) is 21.0. The summed E-state index contributed by atoms with van der Waals surface area (Å²) in [6, 6.07) is 4.56. The summed E-state index contributed by atoms with van der Waals surface area (Å²) in [5, 5.41) is 11.2. The van der Waals surface area contributed by atoms with Crippen molar-refractivity contribution in [1.82, 2.24) is 14.9 Å². The fourth-order valence-corrected chi connectivity index (χ4v) is 4.57. The van der Waals surface area contributed by atoms with Gasteiger partial charge in [0.15, 0.2) is 5.82 Å². The molecule has 1 aliphatic rings. The molecule has 0 atom stereocenters. The average Bonchev–Trinajstić information content (AvgIpc) is 3.08. The van der Waals surface area contributed by atoms with E-state index in [4.69, 9.17) is 5.84 Å². The number of nitrogens with zero attached hydrogens (tertiary/aromatic N) is 3. The van der Waals surface area contributed by atoms with Gasteiger partial charge in [0.05, 0.1) is 10.6 Å². The first kappa shape index (κ1) is 21.5. The van der Waals surface area contributed by atoms with E-state index in [9.17, 15) is 22.0 Å². The second-order valence-corrected chi connectivity index (χ2v) is 9.57. The summed E-state index contributed by atoms with van der Waals surface area (Å²) >= 11 is 1.13. The molecule has 1 aliphatic carbocycles. The van der Waals surface area contributed by atoms with Crippen molar-refractivity contribution in [2.75, 3.05) is 16.9 Å². The Labute approximate surface area is 171 Å². The Kier molecular flexibility index (Phi) is 6.73. The largest absolute Gasteiger partial charge is 0.341 e. The smallest absolute Gasteiger partial charge is 0.336 e. The highest BCUT2D eigenvalue weighted by atomic mass is 32.2. The van der Waals surface area contributed by atoms with E-state index in [-0.39, 0.29) is 17.6 Å². The van der Waals surface area contributed by atoms with Crippen LogP contribution in [0.25, 0.3) is 0 Å². The first-order chi connectivity index (χ1) is 13.8. The van der Waals surface area contributed by atoms with Gasteiger partial charge in [0.25, 0.3) is 0 Å². The second kappa shape index (κ2) is 9.08. The third-order valence-electron chi connectivity index (χ3n) is 4.69. The molecule has 158 valence electrons. The van der Waals surface area contributed by atoms with Crippen molar-refractivity contribution >= 4 is 33.2 Å². The Hall–Kier alpha value is -2.21. The van der Waals surface area contributed by atoms with Gasteiger partial charge in [-0.1, -0.05) is 31.0 Å². The fourth-order valence-electron chi connectivity index (χ4n) is 3.18. The number of carbonyl (C=O) groups is 1. The van der Waals surface area contributed by atoms with Crippen molar-refractivity contribution in [3.05, 3.63) is 30.1 Å². The molecule has 1 heterocycles. The molecule has 1 aromatic carbocycles. The molecule has 0 unspecified atom stereocenters. The van der Waals surface area contributed by atoms with Crippen LogP contribution in [0.1, 0.15) is 43.8 Å². The Bertz CT molecular complexity index is 958. The van der Waals surface area contributed by atoms with E-state index in [1.54, 1.807) is 0 Å². The number of hydrogen-bond donors (Lipinski definition) is 2. The molecule has 1 amide bonds. The number of sulfone groups is 1. The number of hydrogen-bond acceptors (Lipinski definition) is 7. The Morgan fingerprint density at radius 1 is 1.21 bits per heavy atom. The quantitative estimate of drug-likeness (QED) is 0.497. The maximum absolute atomic E-state index is 12.5. The van der Waals surface area contributed by atoms with E-state index in [0.717, 1.165) is 55.4 Å². The van der Waals surface area contributed by atoms with Crippen molar-refractivity contribution in [3.8, 4) is 0 Å². The number of aromatic nitrogens is 3. The average molecular weight is 446 g/mol. The van der Waals surface area contributed by atoms with Gasteiger partial charge in [-0.2, -0.15) is 8.78 Å². The summed E-state index contributed by atoms with van der Waals surface area (Å²) in [6.45, 7) is 0. The summed E-state index contributed by atoms with van der Waals surface area (Å²) in [5.41, 5.74) is 0.293. The van der Waals surface area contributed by atoms with Crippen molar-refractivity contribution in [2.45, 2.75) is 53.8 Å². The highest BCUT2D eigenvalue weighted by Gasteiger charge is 2.26. The predicted molar refractivity (Wildman–Crippen MR) is 105 cm³/mol. The minimum atomic E-state index is -4.66. The van der Waals surface area contributed by atoms with Gasteiger partial charge >= 0.3 is 5.76 Å². The van der Waals surface area contributed by atoms with Crippen LogP contribution in [-0.2, 0) is 14.6 Å². The predicted octanol–water partition coefficient (Wildman–Crippen LogP) is 2.77. The molecule has 12 heteroatoms. The Balaban J connectivity index is 1.56. The highest BCUT2D eigenvalue weighted by molar-refractivity contribution is 7.99. The lowest BCUT2D eigenvalue weighted by atomic mass is 9.89. The van der Waals surface area contributed by atoms with Gasteiger partial charge in [-0.25, -0.2) is 13.1 Å². The molecule has 2 aromatic rings. The molecule has 0 bridgehead atoms. The van der Waals surface area contributed by atoms with Gasteiger partial charge in [0.1, 0.15) is 0 Å². The van der Waals surface area contributed by atoms with Crippen molar-refractivity contribution < 1.29 is 22.0 Å². The number of halogens is 2. The molecule has 29 heavy (non-hydrogen) atoms. The number of benzene rings is 1. The number of nitrogen functional groups attached to an aromatic ring is 1. The maximum atomic E-state index is 12.5. The molecule has 3 rings (SSSR count). The van der Waals surface area contributed by atoms with Crippen LogP contribution in [0.4, 0.5) is 14.5 Å². The summed E-state index contributed by atoms with van der Waals surface area (Å²) in [5.74, 6) is 3.23. The zero-order valence-corrected chi connectivity index (χ0v) is 17.1. The lowest BCUT2D eigenvalue weighted by Gasteiger charge is -2.20. The molecule has 0 spiro atoms. The number of alkyl halides is 2. The Morgan fingerprint density at radius 3 is 2.48 bits per heavy atom. The lowest BCUT2D eigenvalue weighted by molar-refractivity contribution is -0.113. The number of rotatable bonds is 7. The fraction of sp³-hybridized carbons (Fsp3) is 0.471. The molecule has 0 saturated heterocycles. The molecular weight excluding hydrogens is 424 g/mol. The standard InChI is InChI=1S/C17H21F2N5O3S2/c18-16(19)29(26,27)13-8-6-12(7-9-13)21-14(25)10-28-17-23-22-15(24(17)20)11-4-2-1-3-5-11/h6-9,11,16H,1-5,10,20H2,(H,21,25). The maximum Gasteiger partial charge on any atom is 0.341 e. The van der Waals surface area contributed by atoms with E-state index in [0.29, 0.717) is 10.8 Å². The van der Waals surface area contributed by atoms with Gasteiger partial charge in [0, 0.05) is 11.6 Å². The third kappa shape index (κ3) is 5.04. The third-order valence-corrected chi connectivity index (χ3v) is 7.04. The van der Waals surface area contributed by atoms with Crippen LogP contribution in [0.2, 0.25) is 0 Å². The first-order valence-corrected chi connectivity index (χ1v) is 11.6. The van der Waals surface area contributed by atoms with Crippen LogP contribution in [-0.4, -0.2) is 40.7 Å². The summed E-state index contributed by atoms with van der Waals surface area (Å²) in [7, 11) is -4.66. The SMILES string of the molecule is Nn1c(SCC(=O)Nc2ccc(S(=O)(=O)C(F)F)cc2)nnc1C1CCCCC1. The molecular formula is C17H21F2N5O3S2. The van der Waals surface area contributed by atoms with Crippen LogP contribution in [0.5, 0.6) is 0 Å². The van der Waals surface area contributed by atoms with Crippen molar-refractivity contribution in [3.63, 3.8) is 0 Å². The van der Waals surface area contributed by atoms with Crippen LogP contribution >= 0.6 is 11.8 Å². The van der Waals surface area contributed by atoms with Crippen LogP contribution in [0, 0.1) is 0 Å². The number of nitrogens with one attached hydrogen (secondary N) is 1. The second-order valence-electron chi connectivity index (χ2n) is 6.71. The number of amides is 1. The number of carbonyl (C=O) groups excluding carboxylic acids is 1. The van der Waals surface area contributed by atoms with Gasteiger partial charge in [-0.15, -0.1) is 10.2 Å². The molecule has 1 fully saturated rings. The molecule has 1 saturated carbocycles. The summed E-state index contributed by atoms with van der Waals surface area (Å²) < 4.78 is 49.3. The van der Waals surface area contributed by atoms with Crippen molar-refractivity contribution in [1.29, 1.82) is 0 Å². The minimum absolute atomic E-state index is 0.0110. The van der Waals surface area contributed by atoms with Gasteiger partial charge in [-0.3, -0.25) is 4.79 Å². The molecule has 0 radical (unpaired) electrons. The molecule has 0 aliphatic heterocycles. The van der Waals surface area contributed by atoms with Crippen LogP contribution < -0.4 is 11.2 Å². The Morgan fingerprint density at radius 2 is 1.86 bits per heavy atom. The van der Waals surface area contributed by atoms with E-state index in [1.807, 2.05) is 0 Å². The van der Waals surface area contributed by atoms with E-state index in [2.05, 4.69) is 15.5 Å². The van der Waals surface area contributed by atoms with E-state index >= 15 is 0 Å². The monoisotopic (exact) mass is 445 g/mol. The first-order valence-electron chi connectivity index (χ1n) is 9.04. The van der Waals surface area contributed by atoms with Gasteiger partial charge in [0.2, 0.25) is 20.9 Å². The minimum Gasteiger partial charge on any atom is -0.336 e. The number of nitrogens with two attached hydrogens (primary N) is 1. The summed E-state index contributed by atoms with van der Waals surface area (Å²) in [4.78, 5) is 11.6. The molecule has 3 N–H and O–H groups in total. The lowest BCUT2D eigenvalue weighted by Crippen LogP contribution is -2.19. The normalized spacial score (nSPS) is 15.6. The van der Waals surface area contributed by atoms with E-state index < -0.39 is 20.5 Å². The van der Waals surface area contributed by atoms with Gasteiger partial charge in [-0.05, 0) is 37.1 Å². The zero-order valence-electron chi connectivity index (χ0n) is 15.4. The highest BCUT2D eigenvalue weighted by Crippen LogP contribution is 2.32. The summed E-state index contributed by atoms with van der Waals surface area (Å²) in [6.07, 6.45) is 5.54. The van der Waals surface area contributed by atoms with Crippen LogP contribution in [0.15, 0.2) is 34.3 Å². The number of anilines is 1.